The van der Waals surface area contributed by atoms with Gasteiger partial charge in [0.15, 0.2) is 6.61 Å². The molecule has 3 rings (SSSR count). The first kappa shape index (κ1) is 25.2. The average Bonchev–Trinajstić information content (AvgIpc) is 2.78. The van der Waals surface area contributed by atoms with Crippen LogP contribution in [0.2, 0.25) is 0 Å². The second-order valence-corrected chi connectivity index (χ2v) is 11.7. The zero-order valence-electron chi connectivity index (χ0n) is 20.1. The van der Waals surface area contributed by atoms with E-state index in [-0.39, 0.29) is 24.0 Å². The molecule has 1 saturated heterocycles. The third kappa shape index (κ3) is 6.81. The third-order valence-corrected chi connectivity index (χ3v) is 8.06. The van der Waals surface area contributed by atoms with Gasteiger partial charge in [-0.3, -0.25) is 4.79 Å². The molecule has 6 nitrogen and oxygen atoms in total. The predicted octanol–water partition coefficient (Wildman–Crippen LogP) is 4.42. The van der Waals surface area contributed by atoms with Crippen LogP contribution in [0.25, 0.3) is 0 Å². The van der Waals surface area contributed by atoms with Crippen molar-refractivity contribution in [1.82, 2.24) is 9.62 Å². The largest absolute Gasteiger partial charge is 0.484 e. The number of nitrogens with one attached hydrogen (secondary N) is 1. The van der Waals surface area contributed by atoms with Crippen LogP contribution in [0, 0.1) is 6.92 Å². The van der Waals surface area contributed by atoms with E-state index in [0.717, 1.165) is 24.8 Å². The molecule has 1 aliphatic rings. The summed E-state index contributed by atoms with van der Waals surface area (Å²) < 4.78 is 33.6. The van der Waals surface area contributed by atoms with Gasteiger partial charge in [0.25, 0.3) is 5.91 Å². The van der Waals surface area contributed by atoms with Gasteiger partial charge in [0.05, 0.1) is 4.90 Å². The van der Waals surface area contributed by atoms with Crippen LogP contribution in [0.1, 0.15) is 57.6 Å². The molecule has 1 atom stereocenters. The number of benzene rings is 2. The van der Waals surface area contributed by atoms with Gasteiger partial charge in [-0.15, -0.1) is 0 Å². The maximum atomic E-state index is 13.2. The molecular weight excluding hydrogens is 436 g/mol. The summed E-state index contributed by atoms with van der Waals surface area (Å²) in [5.74, 6) is 0.444. The number of hydrogen-bond acceptors (Lipinski definition) is 4. The van der Waals surface area contributed by atoms with E-state index in [9.17, 15) is 13.2 Å². The molecule has 1 heterocycles. The van der Waals surface area contributed by atoms with Crippen molar-refractivity contribution in [3.8, 4) is 5.75 Å². The lowest BCUT2D eigenvalue weighted by Gasteiger charge is -2.34. The van der Waals surface area contributed by atoms with Gasteiger partial charge in [0.1, 0.15) is 5.75 Å². The Morgan fingerprint density at radius 2 is 1.73 bits per heavy atom. The molecule has 0 saturated carbocycles. The van der Waals surface area contributed by atoms with Gasteiger partial charge in [0, 0.05) is 19.1 Å². The number of ether oxygens (including phenoxy) is 1. The number of hydrogen-bond donors (Lipinski definition) is 1. The summed E-state index contributed by atoms with van der Waals surface area (Å²) in [6.45, 7) is 9.25. The van der Waals surface area contributed by atoms with Crippen LogP contribution in [0.15, 0.2) is 53.4 Å². The second kappa shape index (κ2) is 10.7. The summed E-state index contributed by atoms with van der Waals surface area (Å²) in [6.07, 6.45) is 3.23. The Morgan fingerprint density at radius 1 is 1.06 bits per heavy atom. The number of piperidine rings is 1. The zero-order valence-corrected chi connectivity index (χ0v) is 21.0. The van der Waals surface area contributed by atoms with Gasteiger partial charge in [0.2, 0.25) is 10.0 Å². The quantitative estimate of drug-likeness (QED) is 0.617. The number of carbonyl (C=O) groups is 1. The van der Waals surface area contributed by atoms with Crippen molar-refractivity contribution in [3.05, 3.63) is 59.7 Å². The smallest absolute Gasteiger partial charge is 0.257 e. The predicted molar refractivity (Wildman–Crippen MR) is 131 cm³/mol. The summed E-state index contributed by atoms with van der Waals surface area (Å²) in [5.41, 5.74) is 2.30. The van der Waals surface area contributed by atoms with Gasteiger partial charge in [-0.1, -0.05) is 57.0 Å². The Balaban J connectivity index is 1.50. The first-order valence-corrected chi connectivity index (χ1v) is 13.1. The Kier molecular flexibility index (Phi) is 8.19. The maximum absolute atomic E-state index is 13.2. The lowest BCUT2D eigenvalue weighted by Crippen LogP contribution is -2.45. The Hall–Kier alpha value is -2.38. The van der Waals surface area contributed by atoms with E-state index >= 15 is 0 Å². The minimum absolute atomic E-state index is 0.0646. The van der Waals surface area contributed by atoms with Gasteiger partial charge >= 0.3 is 0 Å². The zero-order chi connectivity index (χ0) is 24.1. The molecule has 180 valence electrons. The van der Waals surface area contributed by atoms with Gasteiger partial charge in [-0.25, -0.2) is 8.42 Å². The molecule has 0 radical (unpaired) electrons. The maximum Gasteiger partial charge on any atom is 0.257 e. The number of amides is 1. The highest BCUT2D eigenvalue weighted by atomic mass is 32.2. The standard InChI is InChI=1S/C26H36N2O4S/c1-20-8-14-24(15-9-20)33(30,31)28-18-6-5-7-22(28)16-17-27-25(29)19-32-23-12-10-21(11-13-23)26(2,3)4/h8-15,22H,5-7,16-19H2,1-4H3,(H,27,29). The highest BCUT2D eigenvalue weighted by Crippen LogP contribution is 2.27. The summed E-state index contributed by atoms with van der Waals surface area (Å²) >= 11 is 0. The minimum atomic E-state index is -3.54. The molecule has 1 N–H and O–H groups in total. The fraction of sp³-hybridized carbons (Fsp3) is 0.500. The summed E-state index contributed by atoms with van der Waals surface area (Å²) in [4.78, 5) is 12.6. The highest BCUT2D eigenvalue weighted by Gasteiger charge is 2.33. The molecule has 7 heteroatoms. The summed E-state index contributed by atoms with van der Waals surface area (Å²) in [7, 11) is -3.54. The molecule has 2 aromatic carbocycles. The van der Waals surface area contributed by atoms with Crippen molar-refractivity contribution in [2.75, 3.05) is 19.7 Å². The van der Waals surface area contributed by atoms with Crippen LogP contribution in [0.3, 0.4) is 0 Å². The fourth-order valence-corrected chi connectivity index (χ4v) is 5.78. The van der Waals surface area contributed by atoms with Crippen molar-refractivity contribution in [2.24, 2.45) is 0 Å². The van der Waals surface area contributed by atoms with E-state index in [1.54, 1.807) is 16.4 Å². The van der Waals surface area contributed by atoms with Crippen LogP contribution in [-0.4, -0.2) is 44.4 Å². The molecule has 0 aromatic heterocycles. The molecule has 1 amide bonds. The molecule has 1 aliphatic heterocycles. The fourth-order valence-electron chi connectivity index (χ4n) is 4.05. The molecule has 0 bridgehead atoms. The van der Waals surface area contributed by atoms with E-state index < -0.39 is 10.0 Å². The molecule has 2 aromatic rings. The minimum Gasteiger partial charge on any atom is -0.484 e. The Labute approximate surface area is 198 Å². The van der Waals surface area contributed by atoms with Crippen molar-refractivity contribution < 1.29 is 17.9 Å². The lowest BCUT2D eigenvalue weighted by atomic mass is 9.87. The highest BCUT2D eigenvalue weighted by molar-refractivity contribution is 7.89. The normalized spacial score (nSPS) is 17.5. The lowest BCUT2D eigenvalue weighted by molar-refractivity contribution is -0.123. The molecule has 0 spiro atoms. The topological polar surface area (TPSA) is 75.7 Å². The number of sulfonamides is 1. The Morgan fingerprint density at radius 3 is 2.36 bits per heavy atom. The number of nitrogens with zero attached hydrogens (tertiary/aromatic N) is 1. The van der Waals surface area contributed by atoms with E-state index in [0.29, 0.717) is 30.2 Å². The van der Waals surface area contributed by atoms with Crippen LogP contribution in [-0.2, 0) is 20.2 Å². The molecule has 1 unspecified atom stereocenters. The Bertz CT molecular complexity index is 1030. The summed E-state index contributed by atoms with van der Waals surface area (Å²) in [5, 5.41) is 2.87. The number of carbonyl (C=O) groups excluding carboxylic acids is 1. The van der Waals surface area contributed by atoms with Gasteiger partial charge in [-0.2, -0.15) is 4.31 Å². The number of aryl methyl sites for hydroxylation is 1. The SMILES string of the molecule is Cc1ccc(S(=O)(=O)N2CCCCC2CCNC(=O)COc2ccc(C(C)(C)C)cc2)cc1. The van der Waals surface area contributed by atoms with Crippen molar-refractivity contribution in [3.63, 3.8) is 0 Å². The van der Waals surface area contributed by atoms with Crippen LogP contribution < -0.4 is 10.1 Å². The molecule has 1 fully saturated rings. The summed E-state index contributed by atoms with van der Waals surface area (Å²) in [6, 6.07) is 14.7. The first-order chi connectivity index (χ1) is 15.6. The van der Waals surface area contributed by atoms with E-state index in [1.165, 1.54) is 5.56 Å². The van der Waals surface area contributed by atoms with Gasteiger partial charge < -0.3 is 10.1 Å². The molecule has 33 heavy (non-hydrogen) atoms. The van der Waals surface area contributed by atoms with E-state index in [1.807, 2.05) is 43.3 Å². The van der Waals surface area contributed by atoms with Crippen molar-refractivity contribution in [2.45, 2.75) is 69.7 Å². The van der Waals surface area contributed by atoms with Crippen molar-refractivity contribution >= 4 is 15.9 Å². The number of rotatable bonds is 8. The first-order valence-electron chi connectivity index (χ1n) is 11.7. The van der Waals surface area contributed by atoms with Crippen LogP contribution in [0.4, 0.5) is 0 Å². The third-order valence-electron chi connectivity index (χ3n) is 6.09. The molecular formula is C26H36N2O4S. The average molecular weight is 473 g/mol. The van der Waals surface area contributed by atoms with Crippen LogP contribution in [0.5, 0.6) is 5.75 Å². The van der Waals surface area contributed by atoms with Crippen molar-refractivity contribution in [1.29, 1.82) is 0 Å². The monoisotopic (exact) mass is 472 g/mol. The van der Waals surface area contributed by atoms with Gasteiger partial charge in [-0.05, 0) is 61.4 Å². The molecule has 0 aliphatic carbocycles. The van der Waals surface area contributed by atoms with E-state index in [2.05, 4.69) is 26.1 Å². The second-order valence-electron chi connectivity index (χ2n) is 9.78. The van der Waals surface area contributed by atoms with E-state index in [4.69, 9.17) is 4.74 Å². The van der Waals surface area contributed by atoms with Crippen LogP contribution >= 0.6 is 0 Å².